The van der Waals surface area contributed by atoms with Crippen molar-refractivity contribution < 1.29 is 19.8 Å². The minimum atomic E-state index is -1.02. The highest BCUT2D eigenvalue weighted by Gasteiger charge is 2.07. The fourth-order valence-corrected chi connectivity index (χ4v) is 3.05. The Bertz CT molecular complexity index is 1100. The molecule has 4 aromatic rings. The number of hydrogen-bond donors (Lipinski definition) is 2. The Morgan fingerprint density at radius 1 is 0.500 bits per heavy atom. The van der Waals surface area contributed by atoms with E-state index < -0.39 is 11.9 Å². The highest BCUT2D eigenvalue weighted by molar-refractivity contribution is 5.88. The third-order valence-electron chi connectivity index (χ3n) is 4.72. The van der Waals surface area contributed by atoms with Gasteiger partial charge in [-0.1, -0.05) is 42.5 Å². The van der Waals surface area contributed by atoms with Gasteiger partial charge in [0.2, 0.25) is 0 Å². The van der Waals surface area contributed by atoms with E-state index in [1.165, 1.54) is 12.3 Å². The van der Waals surface area contributed by atoms with E-state index in [4.69, 9.17) is 10.2 Å². The van der Waals surface area contributed by atoms with Crippen LogP contribution in [0.5, 0.6) is 0 Å². The van der Waals surface area contributed by atoms with Gasteiger partial charge in [0, 0.05) is 18.0 Å². The lowest BCUT2D eigenvalue weighted by atomic mass is 10.00. The first-order valence-corrected chi connectivity index (χ1v) is 9.11. The van der Waals surface area contributed by atoms with Crippen molar-refractivity contribution in [1.82, 2.24) is 9.97 Å². The van der Waals surface area contributed by atoms with E-state index in [-0.39, 0.29) is 11.1 Å². The molecule has 2 N–H and O–H groups in total. The monoisotopic (exact) mass is 396 g/mol. The molecule has 2 aromatic heterocycles. The maximum absolute atomic E-state index is 11.0. The summed E-state index contributed by atoms with van der Waals surface area (Å²) >= 11 is 0. The van der Waals surface area contributed by atoms with Gasteiger partial charge in [-0.2, -0.15) is 0 Å². The van der Waals surface area contributed by atoms with Gasteiger partial charge in [0.05, 0.1) is 22.5 Å². The molecule has 0 spiro atoms. The smallest absolute Gasteiger partial charge is 0.337 e. The predicted molar refractivity (Wildman–Crippen MR) is 112 cm³/mol. The minimum absolute atomic E-state index is 0.132. The Labute approximate surface area is 172 Å². The van der Waals surface area contributed by atoms with Crippen LogP contribution in [0.3, 0.4) is 0 Å². The van der Waals surface area contributed by atoms with Gasteiger partial charge in [-0.3, -0.25) is 9.97 Å². The first kappa shape index (κ1) is 19.0. The summed E-state index contributed by atoms with van der Waals surface area (Å²) in [5.41, 5.74) is 5.51. The fourth-order valence-electron chi connectivity index (χ4n) is 3.05. The minimum Gasteiger partial charge on any atom is -0.478 e. The Kier molecular flexibility index (Phi) is 5.05. The maximum atomic E-state index is 11.0. The molecule has 0 bridgehead atoms. The molecule has 2 aromatic carbocycles. The zero-order chi connectivity index (χ0) is 21.1. The number of carbonyl (C=O) groups is 2. The molecule has 0 aliphatic heterocycles. The molecule has 0 saturated heterocycles. The highest BCUT2D eigenvalue weighted by Crippen LogP contribution is 2.26. The number of pyridine rings is 2. The summed E-state index contributed by atoms with van der Waals surface area (Å²) in [7, 11) is 0. The highest BCUT2D eigenvalue weighted by atomic mass is 16.4. The molecular formula is C24H16N2O4. The third-order valence-corrected chi connectivity index (χ3v) is 4.72. The molecule has 146 valence electrons. The van der Waals surface area contributed by atoms with Crippen LogP contribution in [0.4, 0.5) is 0 Å². The van der Waals surface area contributed by atoms with Crippen molar-refractivity contribution in [2.24, 2.45) is 0 Å². The number of rotatable bonds is 5. The van der Waals surface area contributed by atoms with Gasteiger partial charge in [-0.15, -0.1) is 0 Å². The lowest BCUT2D eigenvalue weighted by Gasteiger charge is -2.06. The second kappa shape index (κ2) is 7.97. The van der Waals surface area contributed by atoms with Crippen LogP contribution < -0.4 is 0 Å². The van der Waals surface area contributed by atoms with Gasteiger partial charge in [-0.25, -0.2) is 9.59 Å². The van der Waals surface area contributed by atoms with Crippen LogP contribution in [0, 0.1) is 0 Å². The molecule has 2 heterocycles. The van der Waals surface area contributed by atoms with Gasteiger partial charge < -0.3 is 10.2 Å². The molecule has 4 rings (SSSR count). The SMILES string of the molecule is O=C(O)c1ccc(-c2ccc(-c3ccc(-c4ccc(C(=O)O)cn4)nc3)cc2)cc1. The van der Waals surface area contributed by atoms with Crippen LogP contribution in [0.2, 0.25) is 0 Å². The average Bonchev–Trinajstić information content (AvgIpc) is 2.79. The van der Waals surface area contributed by atoms with Crippen LogP contribution in [-0.4, -0.2) is 32.1 Å². The van der Waals surface area contributed by atoms with E-state index in [9.17, 15) is 9.59 Å². The van der Waals surface area contributed by atoms with Crippen LogP contribution in [0.15, 0.2) is 85.2 Å². The normalized spacial score (nSPS) is 10.5. The molecular weight excluding hydrogens is 380 g/mol. The van der Waals surface area contributed by atoms with E-state index in [1.807, 2.05) is 36.4 Å². The van der Waals surface area contributed by atoms with Crippen molar-refractivity contribution in [3.05, 3.63) is 96.3 Å². The van der Waals surface area contributed by atoms with Crippen molar-refractivity contribution >= 4 is 11.9 Å². The standard InChI is InChI=1S/C24H16N2O4/c27-23(28)18-7-5-16(6-8-18)15-1-3-17(4-2-15)19-9-11-21(25-13-19)22-12-10-20(14-26-22)24(29)30/h1-14H,(H,27,28)(H,29,30). The van der Waals surface area contributed by atoms with E-state index >= 15 is 0 Å². The summed E-state index contributed by atoms with van der Waals surface area (Å²) in [5.74, 6) is -1.96. The second-order valence-electron chi connectivity index (χ2n) is 6.63. The van der Waals surface area contributed by atoms with Crippen molar-refractivity contribution in [2.45, 2.75) is 0 Å². The molecule has 0 aliphatic rings. The lowest BCUT2D eigenvalue weighted by molar-refractivity contribution is 0.0686. The number of benzene rings is 2. The van der Waals surface area contributed by atoms with Crippen molar-refractivity contribution in [3.8, 4) is 33.6 Å². The summed E-state index contributed by atoms with van der Waals surface area (Å²) in [4.78, 5) is 30.5. The molecule has 0 fully saturated rings. The lowest BCUT2D eigenvalue weighted by Crippen LogP contribution is -1.97. The van der Waals surface area contributed by atoms with E-state index in [2.05, 4.69) is 9.97 Å². The number of carboxylic acid groups (broad SMARTS) is 2. The fraction of sp³-hybridized carbons (Fsp3) is 0. The zero-order valence-corrected chi connectivity index (χ0v) is 15.7. The summed E-state index contributed by atoms with van der Waals surface area (Å²) in [5, 5.41) is 18.0. The number of aromatic carboxylic acids is 2. The first-order valence-electron chi connectivity index (χ1n) is 9.11. The van der Waals surface area contributed by atoms with Crippen LogP contribution >= 0.6 is 0 Å². The molecule has 0 atom stereocenters. The topological polar surface area (TPSA) is 100 Å². The number of aromatic nitrogens is 2. The van der Waals surface area contributed by atoms with Gasteiger partial charge >= 0.3 is 11.9 Å². The number of hydrogen-bond acceptors (Lipinski definition) is 4. The molecule has 0 saturated carbocycles. The summed E-state index contributed by atoms with van der Waals surface area (Å²) in [6.45, 7) is 0. The van der Waals surface area contributed by atoms with Gasteiger partial charge in [0.25, 0.3) is 0 Å². The van der Waals surface area contributed by atoms with Crippen molar-refractivity contribution in [1.29, 1.82) is 0 Å². The summed E-state index contributed by atoms with van der Waals surface area (Å²) in [6, 6.07) is 21.6. The largest absolute Gasteiger partial charge is 0.478 e. The average molecular weight is 396 g/mol. The first-order chi connectivity index (χ1) is 14.5. The molecule has 6 nitrogen and oxygen atoms in total. The summed E-state index contributed by atoms with van der Waals surface area (Å²) in [6.07, 6.45) is 3.06. The van der Waals surface area contributed by atoms with Crippen LogP contribution in [0.1, 0.15) is 20.7 Å². The Morgan fingerprint density at radius 2 is 0.900 bits per heavy atom. The van der Waals surface area contributed by atoms with E-state index in [0.717, 1.165) is 22.3 Å². The van der Waals surface area contributed by atoms with Gasteiger partial charge in [-0.05, 0) is 47.0 Å². The Balaban J connectivity index is 1.53. The van der Waals surface area contributed by atoms with Gasteiger partial charge in [0.1, 0.15) is 0 Å². The predicted octanol–water partition coefficient (Wildman–Crippen LogP) is 4.87. The molecule has 0 aliphatic carbocycles. The third kappa shape index (κ3) is 3.93. The zero-order valence-electron chi connectivity index (χ0n) is 15.7. The maximum Gasteiger partial charge on any atom is 0.337 e. The number of carboxylic acids is 2. The Hall–Kier alpha value is -4.32. The molecule has 0 unspecified atom stereocenters. The molecule has 0 radical (unpaired) electrons. The number of nitrogens with zero attached hydrogens (tertiary/aromatic N) is 2. The molecule has 30 heavy (non-hydrogen) atoms. The molecule has 6 heteroatoms. The van der Waals surface area contributed by atoms with Gasteiger partial charge in [0.15, 0.2) is 0 Å². The van der Waals surface area contributed by atoms with Crippen molar-refractivity contribution in [3.63, 3.8) is 0 Å². The van der Waals surface area contributed by atoms with Crippen LogP contribution in [0.25, 0.3) is 33.6 Å². The molecule has 0 amide bonds. The Morgan fingerprint density at radius 3 is 1.33 bits per heavy atom. The van der Waals surface area contributed by atoms with E-state index in [0.29, 0.717) is 11.4 Å². The quantitative estimate of drug-likeness (QED) is 0.499. The second-order valence-corrected chi connectivity index (χ2v) is 6.63. The van der Waals surface area contributed by atoms with Crippen LogP contribution in [-0.2, 0) is 0 Å². The summed E-state index contributed by atoms with van der Waals surface area (Å²) < 4.78 is 0. The van der Waals surface area contributed by atoms with E-state index in [1.54, 1.807) is 36.5 Å². The van der Waals surface area contributed by atoms with Crippen molar-refractivity contribution in [2.75, 3.05) is 0 Å².